The summed E-state index contributed by atoms with van der Waals surface area (Å²) in [5.74, 6) is 0. The summed E-state index contributed by atoms with van der Waals surface area (Å²) in [4.78, 5) is 0. The fraction of sp³-hybridized carbons (Fsp3) is 0. The Morgan fingerprint density at radius 2 is 0.750 bits per heavy atom. The number of hydrogen-bond acceptors (Lipinski definition) is 5. The third kappa shape index (κ3) is 1180. The van der Waals surface area contributed by atoms with E-state index >= 15 is 0 Å². The summed E-state index contributed by atoms with van der Waals surface area (Å²) < 4.78 is 63.2. The van der Waals surface area contributed by atoms with E-state index in [0.717, 1.165) is 0 Å². The predicted octanol–water partition coefficient (Wildman–Crippen LogP) is -1.30. The molecule has 0 bridgehead atoms. The van der Waals surface area contributed by atoms with Gasteiger partial charge in [0.05, 0.1) is 0 Å². The van der Waals surface area contributed by atoms with Gasteiger partial charge in [0.2, 0.25) is 0 Å². The third-order valence-corrected chi connectivity index (χ3v) is 0. The Bertz CT molecular complexity index is 222. The maximum atomic E-state index is 8.74. The van der Waals surface area contributed by atoms with Gasteiger partial charge in [0.25, 0.3) is 0 Å². The molecule has 76 valence electrons. The van der Waals surface area contributed by atoms with Gasteiger partial charge >= 0.3 is 58.5 Å². The van der Waals surface area contributed by atoms with Crippen LogP contribution in [-0.2, 0) is 20.8 Å². The van der Waals surface area contributed by atoms with Crippen molar-refractivity contribution in [3.8, 4) is 0 Å². The molecule has 0 unspecified atom stereocenters. The molecular weight excluding hydrogens is 246 g/mol. The van der Waals surface area contributed by atoms with E-state index in [9.17, 15) is 0 Å². The first-order chi connectivity index (χ1) is 4.00. The van der Waals surface area contributed by atoms with Crippen molar-refractivity contribution in [1.29, 1.82) is 0 Å². The molecule has 7 N–H and O–H groups in total. The SMILES string of the molecule is N.O=S(=O)(O)O.O=S(=O)(O)O.[Ca+2].[H-].[H-]. The fourth-order valence-corrected chi connectivity index (χ4v) is 0. The number of rotatable bonds is 0. The van der Waals surface area contributed by atoms with Crippen molar-refractivity contribution in [2.75, 3.05) is 0 Å². The van der Waals surface area contributed by atoms with Gasteiger partial charge in [-0.1, -0.05) is 0 Å². The molecule has 0 atom stereocenters. The van der Waals surface area contributed by atoms with Gasteiger partial charge in [-0.3, -0.25) is 18.2 Å². The van der Waals surface area contributed by atoms with E-state index in [1.54, 1.807) is 0 Å². The molecule has 0 saturated heterocycles. The molecule has 0 heterocycles. The second-order valence-corrected chi connectivity index (χ2v) is 2.69. The number of hydrogen-bond donors (Lipinski definition) is 5. The molecule has 0 fully saturated rings. The van der Waals surface area contributed by atoms with E-state index in [1.807, 2.05) is 0 Å². The molecule has 0 saturated carbocycles. The average molecular weight is 255 g/mol. The van der Waals surface area contributed by atoms with Gasteiger partial charge in [-0.15, -0.1) is 0 Å². The molecule has 0 spiro atoms. The summed E-state index contributed by atoms with van der Waals surface area (Å²) in [7, 11) is -9.33. The van der Waals surface area contributed by atoms with E-state index in [4.69, 9.17) is 35.0 Å². The average Bonchev–Trinajstić information content (AvgIpc) is 1.12. The summed E-state index contributed by atoms with van der Waals surface area (Å²) >= 11 is 0. The quantitative estimate of drug-likeness (QED) is 0.259. The van der Waals surface area contributed by atoms with Gasteiger partial charge in [-0.05, 0) is 0 Å². The van der Waals surface area contributed by atoms with E-state index in [0.29, 0.717) is 0 Å². The van der Waals surface area contributed by atoms with Gasteiger partial charge in [-0.2, -0.15) is 16.8 Å². The minimum Gasteiger partial charge on any atom is -1.00 e. The van der Waals surface area contributed by atoms with E-state index < -0.39 is 20.8 Å². The first-order valence-corrected chi connectivity index (χ1v) is 4.19. The minimum atomic E-state index is -4.67. The Labute approximate surface area is 102 Å². The van der Waals surface area contributed by atoms with Crippen molar-refractivity contribution in [1.82, 2.24) is 6.15 Å². The molecule has 0 radical (unpaired) electrons. The van der Waals surface area contributed by atoms with Gasteiger partial charge < -0.3 is 9.00 Å². The van der Waals surface area contributed by atoms with Gasteiger partial charge in [0, 0.05) is 0 Å². The van der Waals surface area contributed by atoms with Crippen LogP contribution in [-0.4, -0.2) is 72.8 Å². The van der Waals surface area contributed by atoms with Crippen LogP contribution in [0.25, 0.3) is 0 Å². The van der Waals surface area contributed by atoms with Crippen LogP contribution < -0.4 is 6.15 Å². The first kappa shape index (κ1) is 23.1. The normalized spacial score (nSPS) is 9.67. The summed E-state index contributed by atoms with van der Waals surface area (Å²) in [5.41, 5.74) is 0. The Hall–Kier alpha value is 0.960. The molecule has 0 aromatic heterocycles. The summed E-state index contributed by atoms with van der Waals surface area (Å²) in [5, 5.41) is 0. The Kier molecular flexibility index (Phi) is 16.5. The van der Waals surface area contributed by atoms with Crippen molar-refractivity contribution in [2.45, 2.75) is 0 Å². The Morgan fingerprint density at radius 1 is 0.750 bits per heavy atom. The van der Waals surface area contributed by atoms with Crippen LogP contribution in [0.15, 0.2) is 0 Å². The molecule has 0 aromatic rings. The fourth-order valence-electron chi connectivity index (χ4n) is 0. The van der Waals surface area contributed by atoms with Crippen LogP contribution in [0.3, 0.4) is 0 Å². The van der Waals surface area contributed by atoms with Crippen molar-refractivity contribution in [3.63, 3.8) is 0 Å². The second kappa shape index (κ2) is 8.55. The van der Waals surface area contributed by atoms with E-state index in [1.165, 1.54) is 0 Å². The monoisotopic (exact) mass is 255 g/mol. The summed E-state index contributed by atoms with van der Waals surface area (Å²) in [6.45, 7) is 0. The molecule has 0 aliphatic carbocycles. The second-order valence-electron chi connectivity index (χ2n) is 0.896. The van der Waals surface area contributed by atoms with Crippen molar-refractivity contribution in [2.24, 2.45) is 0 Å². The summed E-state index contributed by atoms with van der Waals surface area (Å²) in [6.07, 6.45) is 0. The van der Waals surface area contributed by atoms with Gasteiger partial charge in [0.15, 0.2) is 0 Å². The van der Waals surface area contributed by atoms with E-state index in [-0.39, 0.29) is 46.7 Å². The molecule has 9 nitrogen and oxygen atoms in total. The standard InChI is InChI=1S/Ca.H3N.2H2O4S.2H/c;;2*1-5(2,3)4;;/h;1H3;2*(H2,1,2,3,4);;/q+2;;;;2*-1. The molecule has 12 heteroatoms. The topological polar surface area (TPSA) is 184 Å². The maximum Gasteiger partial charge on any atom is 2.00 e. The Morgan fingerprint density at radius 3 is 0.750 bits per heavy atom. The van der Waals surface area contributed by atoms with E-state index in [2.05, 4.69) is 0 Å². The van der Waals surface area contributed by atoms with Crippen molar-refractivity contribution >= 4 is 58.5 Å². The molecule has 0 aliphatic rings. The summed E-state index contributed by atoms with van der Waals surface area (Å²) in [6, 6.07) is 0. The minimum absolute atomic E-state index is 0. The van der Waals surface area contributed by atoms with Crippen molar-refractivity contribution in [3.05, 3.63) is 0 Å². The van der Waals surface area contributed by atoms with Crippen LogP contribution in [0.4, 0.5) is 0 Å². The van der Waals surface area contributed by atoms with Crippen LogP contribution in [0.1, 0.15) is 2.85 Å². The molecule has 0 aliphatic heterocycles. The first-order valence-electron chi connectivity index (χ1n) is 1.40. The molecular formula is H9CaNO8S2. The third-order valence-electron chi connectivity index (χ3n) is 0. The Balaban J connectivity index is -0.0000000178. The molecule has 12 heavy (non-hydrogen) atoms. The van der Waals surface area contributed by atoms with Crippen LogP contribution in [0, 0.1) is 0 Å². The van der Waals surface area contributed by atoms with Crippen LogP contribution in [0.5, 0.6) is 0 Å². The zero-order valence-electron chi connectivity index (χ0n) is 7.65. The van der Waals surface area contributed by atoms with Gasteiger partial charge in [0.1, 0.15) is 0 Å². The van der Waals surface area contributed by atoms with Gasteiger partial charge in [-0.25, -0.2) is 0 Å². The van der Waals surface area contributed by atoms with Crippen LogP contribution >= 0.6 is 0 Å². The van der Waals surface area contributed by atoms with Crippen LogP contribution in [0.2, 0.25) is 0 Å². The zero-order valence-corrected chi connectivity index (χ0v) is 9.49. The van der Waals surface area contributed by atoms with Crippen molar-refractivity contribution < 1.29 is 37.9 Å². The smallest absolute Gasteiger partial charge is 1.00 e. The maximum absolute atomic E-state index is 8.74. The largest absolute Gasteiger partial charge is 2.00 e. The molecule has 0 amide bonds. The molecule has 0 aromatic carbocycles. The zero-order chi connectivity index (χ0) is 9.00. The predicted molar refractivity (Wildman–Crippen MR) is 41.4 cm³/mol. The molecule has 0 rings (SSSR count).